The fourth-order valence-electron chi connectivity index (χ4n) is 2.27. The van der Waals surface area contributed by atoms with E-state index in [4.69, 9.17) is 21.1 Å². The Morgan fingerprint density at radius 3 is 2.78 bits per heavy atom. The summed E-state index contributed by atoms with van der Waals surface area (Å²) in [5, 5.41) is 0.770. The van der Waals surface area contributed by atoms with E-state index in [0.29, 0.717) is 0 Å². The van der Waals surface area contributed by atoms with E-state index in [0.717, 1.165) is 51.5 Å². The van der Waals surface area contributed by atoms with Crippen molar-refractivity contribution in [3.8, 4) is 5.75 Å². The normalized spacial score (nSPS) is 13.6. The molecule has 0 aliphatic heterocycles. The second-order valence-corrected chi connectivity index (χ2v) is 4.93. The first kappa shape index (κ1) is 13.2. The van der Waals surface area contributed by atoms with Crippen LogP contribution in [0.5, 0.6) is 5.75 Å². The predicted molar refractivity (Wildman–Crippen MR) is 76.0 cm³/mol. The third kappa shape index (κ3) is 2.18. The Hall–Kier alpha value is -1.25. The van der Waals surface area contributed by atoms with Gasteiger partial charge >= 0.3 is 0 Å². The highest BCUT2D eigenvalue weighted by molar-refractivity contribution is 6.32. The van der Waals surface area contributed by atoms with Gasteiger partial charge in [0.05, 0.1) is 0 Å². The molecule has 0 N–H and O–H groups in total. The van der Waals surface area contributed by atoms with Crippen LogP contribution < -0.4 is 4.74 Å². The van der Waals surface area contributed by atoms with Crippen molar-refractivity contribution in [3.63, 3.8) is 0 Å². The maximum Gasteiger partial charge on any atom is 0.188 e. The van der Waals surface area contributed by atoms with Gasteiger partial charge in [-0.25, -0.2) is 0 Å². The first-order chi connectivity index (χ1) is 8.56. The van der Waals surface area contributed by atoms with Crippen LogP contribution in [-0.4, -0.2) is 13.9 Å². The highest BCUT2D eigenvalue weighted by Gasteiger charge is 2.25. The Kier molecular flexibility index (Phi) is 3.79. The third-order valence-corrected chi connectivity index (χ3v) is 3.48. The van der Waals surface area contributed by atoms with Crippen LogP contribution in [0.15, 0.2) is 19.2 Å². The van der Waals surface area contributed by atoms with E-state index in [-0.39, 0.29) is 6.79 Å². The Morgan fingerprint density at radius 1 is 1.44 bits per heavy atom. The molecule has 2 rings (SSSR count). The topological polar surface area (TPSA) is 18.5 Å². The molecule has 96 valence electrons. The molecule has 0 fully saturated rings. The van der Waals surface area contributed by atoms with Crippen molar-refractivity contribution in [2.24, 2.45) is 0 Å². The zero-order valence-corrected chi connectivity index (χ0v) is 11.6. The second kappa shape index (κ2) is 5.17. The number of hydrogen-bond donors (Lipinski definition) is 0. The Labute approximate surface area is 113 Å². The molecular weight excluding hydrogens is 248 g/mol. The number of rotatable bonds is 4. The molecule has 0 aromatic heterocycles. The Balaban J connectivity index is 2.62. The smallest absolute Gasteiger partial charge is 0.188 e. The highest BCUT2D eigenvalue weighted by Crippen LogP contribution is 2.45. The van der Waals surface area contributed by atoms with Crippen molar-refractivity contribution in [2.75, 3.05) is 13.9 Å². The summed E-state index contributed by atoms with van der Waals surface area (Å²) in [5.74, 6) is 0.797. The lowest BCUT2D eigenvalue weighted by Crippen LogP contribution is -2.04. The van der Waals surface area contributed by atoms with Gasteiger partial charge in [0, 0.05) is 23.3 Å². The number of hydrogen-bond acceptors (Lipinski definition) is 2. The summed E-state index contributed by atoms with van der Waals surface area (Å²) in [6.45, 7) is 10.2. The van der Waals surface area contributed by atoms with Crippen molar-refractivity contribution in [3.05, 3.63) is 40.9 Å². The van der Waals surface area contributed by atoms with Crippen LogP contribution in [0.2, 0.25) is 5.02 Å². The Bertz CT molecular complexity index is 518. The van der Waals surface area contributed by atoms with Crippen molar-refractivity contribution in [1.29, 1.82) is 0 Å². The molecular formula is C15H17ClO2. The van der Waals surface area contributed by atoms with Crippen molar-refractivity contribution < 1.29 is 9.47 Å². The zero-order chi connectivity index (χ0) is 13.3. The summed E-state index contributed by atoms with van der Waals surface area (Å²) in [6.07, 6.45) is 1.85. The van der Waals surface area contributed by atoms with Gasteiger partial charge in [0.2, 0.25) is 0 Å². The van der Waals surface area contributed by atoms with E-state index in [1.54, 1.807) is 7.11 Å². The maximum atomic E-state index is 6.32. The van der Waals surface area contributed by atoms with Gasteiger partial charge in [0.1, 0.15) is 5.75 Å². The molecule has 2 nitrogen and oxygen atoms in total. The second-order valence-electron chi connectivity index (χ2n) is 4.52. The number of fused-ring (bicyclic) bond motifs is 1. The molecule has 18 heavy (non-hydrogen) atoms. The predicted octanol–water partition coefficient (Wildman–Crippen LogP) is 4.32. The Morgan fingerprint density at radius 2 is 2.17 bits per heavy atom. The first-order valence-corrected chi connectivity index (χ1v) is 6.25. The van der Waals surface area contributed by atoms with Crippen LogP contribution in [-0.2, 0) is 11.2 Å². The molecule has 0 bridgehead atoms. The van der Waals surface area contributed by atoms with Gasteiger partial charge in [-0.15, -0.1) is 0 Å². The lowest BCUT2D eigenvalue weighted by Gasteiger charge is -2.17. The maximum absolute atomic E-state index is 6.32. The van der Waals surface area contributed by atoms with Gasteiger partial charge in [-0.2, -0.15) is 0 Å². The molecule has 0 heterocycles. The number of allylic oxidation sites excluding steroid dienone is 2. The van der Waals surface area contributed by atoms with E-state index in [1.165, 1.54) is 0 Å². The standard InChI is InChI=1S/C15H17ClO2/c1-9(2)12-7-13(16)11-6-5-10(3)14(11)15(12)18-8-17-4/h7H,1,3,5-6,8H2,2,4H3. The van der Waals surface area contributed by atoms with E-state index < -0.39 is 0 Å². The van der Waals surface area contributed by atoms with Crippen LogP contribution in [0.1, 0.15) is 30.0 Å². The molecule has 0 unspecified atom stereocenters. The van der Waals surface area contributed by atoms with Crippen LogP contribution in [0.4, 0.5) is 0 Å². The first-order valence-electron chi connectivity index (χ1n) is 5.87. The van der Waals surface area contributed by atoms with Crippen molar-refractivity contribution >= 4 is 22.7 Å². The minimum absolute atomic E-state index is 0.210. The number of methoxy groups -OCH3 is 1. The molecule has 1 aromatic rings. The summed E-state index contributed by atoms with van der Waals surface area (Å²) in [6, 6.07) is 1.92. The molecule has 0 atom stereocenters. The van der Waals surface area contributed by atoms with E-state index in [2.05, 4.69) is 13.2 Å². The number of halogens is 1. The summed E-state index contributed by atoms with van der Waals surface area (Å²) < 4.78 is 10.7. The largest absolute Gasteiger partial charge is 0.466 e. The molecule has 0 saturated heterocycles. The van der Waals surface area contributed by atoms with Crippen molar-refractivity contribution in [1.82, 2.24) is 0 Å². The lowest BCUT2D eigenvalue weighted by atomic mass is 9.99. The highest BCUT2D eigenvalue weighted by atomic mass is 35.5. The van der Waals surface area contributed by atoms with Gasteiger partial charge in [0.15, 0.2) is 6.79 Å². The van der Waals surface area contributed by atoms with Gasteiger partial charge in [-0.1, -0.05) is 24.8 Å². The van der Waals surface area contributed by atoms with Gasteiger partial charge in [-0.05, 0) is 42.5 Å². The van der Waals surface area contributed by atoms with Crippen LogP contribution >= 0.6 is 11.6 Å². The van der Waals surface area contributed by atoms with Crippen LogP contribution in [0, 0.1) is 0 Å². The molecule has 0 spiro atoms. The summed E-state index contributed by atoms with van der Waals surface area (Å²) >= 11 is 6.32. The average molecular weight is 265 g/mol. The molecule has 1 aliphatic rings. The zero-order valence-electron chi connectivity index (χ0n) is 10.8. The van der Waals surface area contributed by atoms with Gasteiger partial charge in [0.25, 0.3) is 0 Å². The van der Waals surface area contributed by atoms with Gasteiger partial charge in [-0.3, -0.25) is 0 Å². The minimum Gasteiger partial charge on any atom is -0.466 e. The molecule has 0 radical (unpaired) electrons. The average Bonchev–Trinajstić information content (AvgIpc) is 2.71. The molecule has 0 saturated carbocycles. The fourth-order valence-corrected chi connectivity index (χ4v) is 2.57. The molecule has 0 amide bonds. The fraction of sp³-hybridized carbons (Fsp3) is 0.333. The van der Waals surface area contributed by atoms with Crippen LogP contribution in [0.3, 0.4) is 0 Å². The van der Waals surface area contributed by atoms with E-state index in [1.807, 2.05) is 13.0 Å². The molecule has 3 heteroatoms. The third-order valence-electron chi connectivity index (χ3n) is 3.14. The summed E-state index contributed by atoms with van der Waals surface area (Å²) in [7, 11) is 1.60. The summed E-state index contributed by atoms with van der Waals surface area (Å²) in [4.78, 5) is 0. The quantitative estimate of drug-likeness (QED) is 0.754. The van der Waals surface area contributed by atoms with Crippen LogP contribution in [0.25, 0.3) is 11.1 Å². The summed E-state index contributed by atoms with van der Waals surface area (Å²) in [5.41, 5.74) is 5.08. The molecule has 1 aromatic carbocycles. The van der Waals surface area contributed by atoms with Crippen molar-refractivity contribution in [2.45, 2.75) is 19.8 Å². The number of benzene rings is 1. The van der Waals surface area contributed by atoms with E-state index in [9.17, 15) is 0 Å². The van der Waals surface area contributed by atoms with E-state index >= 15 is 0 Å². The number of ether oxygens (including phenoxy) is 2. The molecule has 1 aliphatic carbocycles. The SMILES string of the molecule is C=C(C)c1cc(Cl)c2c(c1OCOC)C(=C)CC2. The lowest BCUT2D eigenvalue weighted by molar-refractivity contribution is 0.0507. The minimum atomic E-state index is 0.210. The van der Waals surface area contributed by atoms with Gasteiger partial charge < -0.3 is 9.47 Å². The monoisotopic (exact) mass is 264 g/mol.